The van der Waals surface area contributed by atoms with Crippen molar-refractivity contribution >= 4 is 34.0 Å². The molecule has 1 N–H and O–H groups in total. The van der Waals surface area contributed by atoms with Crippen molar-refractivity contribution < 1.29 is 14.7 Å². The number of rotatable bonds is 2. The second-order valence-corrected chi connectivity index (χ2v) is 5.33. The maximum absolute atomic E-state index is 12.1. The van der Waals surface area contributed by atoms with Gasteiger partial charge in [-0.25, -0.2) is 0 Å². The predicted octanol–water partition coefficient (Wildman–Crippen LogP) is 2.78. The summed E-state index contributed by atoms with van der Waals surface area (Å²) in [6.45, 7) is 0. The Balaban J connectivity index is 1.93. The fourth-order valence-electron chi connectivity index (χ4n) is 2.03. The first-order chi connectivity index (χ1) is 10.1. The van der Waals surface area contributed by atoms with Gasteiger partial charge in [-0.05, 0) is 30.3 Å². The number of nitrogens with zero attached hydrogens (tertiary/aromatic N) is 2. The zero-order chi connectivity index (χ0) is 15.0. The Kier molecular flexibility index (Phi) is 3.31. The van der Waals surface area contributed by atoms with Gasteiger partial charge in [0.2, 0.25) is 0 Å². The monoisotopic (exact) mass is 344 g/mol. The van der Waals surface area contributed by atoms with Crippen LogP contribution in [0, 0.1) is 0 Å². The van der Waals surface area contributed by atoms with Crippen molar-refractivity contribution in [1.29, 1.82) is 0 Å². The highest BCUT2D eigenvalue weighted by Crippen LogP contribution is 2.24. The minimum absolute atomic E-state index is 0.0126. The Morgan fingerprint density at radius 1 is 1.05 bits per heavy atom. The number of carbonyl (C=O) groups is 2. The van der Waals surface area contributed by atoms with E-state index in [9.17, 15) is 14.7 Å². The number of hydrogen-bond donors (Lipinski definition) is 1. The van der Waals surface area contributed by atoms with Crippen LogP contribution in [-0.2, 0) is 0 Å². The van der Waals surface area contributed by atoms with Crippen LogP contribution in [0.3, 0.4) is 0 Å². The summed E-state index contributed by atoms with van der Waals surface area (Å²) in [5.41, 5.74) is 1.07. The summed E-state index contributed by atoms with van der Waals surface area (Å²) < 4.78 is 0.754. The average Bonchev–Trinajstić information content (AvgIpc) is 2.73. The van der Waals surface area contributed by atoms with E-state index in [0.717, 1.165) is 9.48 Å². The number of phenolic OH excluding ortho intramolecular Hbond substituents is 1. The number of hydrogen-bond acceptors (Lipinski definition) is 4. The molecule has 1 heterocycles. The summed E-state index contributed by atoms with van der Waals surface area (Å²) in [6.07, 6.45) is 1.28. The molecule has 0 saturated carbocycles. The molecule has 2 amide bonds. The molecule has 5 nitrogen and oxygen atoms in total. The van der Waals surface area contributed by atoms with E-state index in [2.05, 4.69) is 21.0 Å². The zero-order valence-electron chi connectivity index (χ0n) is 10.7. The minimum Gasteiger partial charge on any atom is -0.507 e. The largest absolute Gasteiger partial charge is 0.507 e. The molecule has 2 aromatic carbocycles. The highest BCUT2D eigenvalue weighted by molar-refractivity contribution is 9.10. The molecule has 0 spiro atoms. The Morgan fingerprint density at radius 2 is 1.67 bits per heavy atom. The van der Waals surface area contributed by atoms with Crippen LogP contribution in [-0.4, -0.2) is 28.1 Å². The molecule has 0 radical (unpaired) electrons. The molecule has 21 heavy (non-hydrogen) atoms. The molecule has 2 aromatic rings. The first kappa shape index (κ1) is 13.5. The summed E-state index contributed by atoms with van der Waals surface area (Å²) in [7, 11) is 0. The quantitative estimate of drug-likeness (QED) is 0.672. The van der Waals surface area contributed by atoms with Crippen LogP contribution in [0.1, 0.15) is 26.3 Å². The number of fused-ring (bicyclic) bond motifs is 1. The van der Waals surface area contributed by atoms with Crippen molar-refractivity contribution in [2.75, 3.05) is 0 Å². The van der Waals surface area contributed by atoms with E-state index in [4.69, 9.17) is 0 Å². The molecule has 3 rings (SSSR count). The molecule has 0 fully saturated rings. The van der Waals surface area contributed by atoms with Crippen molar-refractivity contribution in [2.45, 2.75) is 0 Å². The lowest BCUT2D eigenvalue weighted by Gasteiger charge is -2.06. The lowest BCUT2D eigenvalue weighted by molar-refractivity contribution is 0.0660. The van der Waals surface area contributed by atoms with Gasteiger partial charge in [0.05, 0.1) is 17.3 Å². The summed E-state index contributed by atoms with van der Waals surface area (Å²) >= 11 is 3.28. The zero-order valence-corrected chi connectivity index (χ0v) is 12.2. The number of amides is 2. The first-order valence-electron chi connectivity index (χ1n) is 6.08. The topological polar surface area (TPSA) is 70.0 Å². The normalized spacial score (nSPS) is 14.0. The summed E-state index contributed by atoms with van der Waals surface area (Å²) in [4.78, 5) is 24.2. The van der Waals surface area contributed by atoms with E-state index in [1.54, 1.807) is 36.4 Å². The van der Waals surface area contributed by atoms with Crippen molar-refractivity contribution in [2.24, 2.45) is 5.10 Å². The van der Waals surface area contributed by atoms with Gasteiger partial charge >= 0.3 is 0 Å². The van der Waals surface area contributed by atoms with Gasteiger partial charge in [0.15, 0.2) is 0 Å². The molecular weight excluding hydrogens is 336 g/mol. The van der Waals surface area contributed by atoms with Crippen molar-refractivity contribution in [3.63, 3.8) is 0 Å². The van der Waals surface area contributed by atoms with Crippen molar-refractivity contribution in [3.8, 4) is 5.75 Å². The highest BCUT2D eigenvalue weighted by Gasteiger charge is 2.35. The van der Waals surface area contributed by atoms with Gasteiger partial charge in [0.25, 0.3) is 11.8 Å². The smallest absolute Gasteiger partial charge is 0.282 e. The van der Waals surface area contributed by atoms with Crippen LogP contribution in [0.2, 0.25) is 0 Å². The predicted molar refractivity (Wildman–Crippen MR) is 80.3 cm³/mol. The van der Waals surface area contributed by atoms with Gasteiger partial charge < -0.3 is 5.11 Å². The van der Waals surface area contributed by atoms with Gasteiger partial charge in [0.1, 0.15) is 5.75 Å². The Bertz CT molecular complexity index is 751. The fraction of sp³-hybridized carbons (Fsp3) is 0. The number of benzene rings is 2. The summed E-state index contributed by atoms with van der Waals surface area (Å²) in [5, 5.41) is 14.4. The van der Waals surface area contributed by atoms with Crippen LogP contribution < -0.4 is 0 Å². The molecule has 1 aliphatic heterocycles. The van der Waals surface area contributed by atoms with E-state index in [-0.39, 0.29) is 5.75 Å². The molecule has 104 valence electrons. The third-order valence-electron chi connectivity index (χ3n) is 3.07. The van der Waals surface area contributed by atoms with Crippen LogP contribution >= 0.6 is 15.9 Å². The SMILES string of the molecule is O=C1c2ccccc2C(=O)N1/N=C\c1cc(Br)ccc1O. The third kappa shape index (κ3) is 2.34. The van der Waals surface area contributed by atoms with Crippen LogP contribution in [0.25, 0.3) is 0 Å². The molecule has 0 bridgehead atoms. The average molecular weight is 345 g/mol. The van der Waals surface area contributed by atoms with E-state index >= 15 is 0 Å². The molecule has 6 heteroatoms. The van der Waals surface area contributed by atoms with Crippen LogP contribution in [0.5, 0.6) is 5.75 Å². The van der Waals surface area contributed by atoms with Gasteiger partial charge in [-0.15, -0.1) is 0 Å². The molecule has 0 atom stereocenters. The second kappa shape index (κ2) is 5.14. The highest BCUT2D eigenvalue weighted by atomic mass is 79.9. The van der Waals surface area contributed by atoms with Crippen LogP contribution in [0.4, 0.5) is 0 Å². The number of phenols is 1. The number of aromatic hydroxyl groups is 1. The van der Waals surface area contributed by atoms with Gasteiger partial charge in [0, 0.05) is 10.0 Å². The van der Waals surface area contributed by atoms with Crippen LogP contribution in [0.15, 0.2) is 52.0 Å². The molecule has 1 aliphatic rings. The van der Waals surface area contributed by atoms with Gasteiger partial charge in [-0.1, -0.05) is 28.1 Å². The second-order valence-electron chi connectivity index (χ2n) is 4.42. The Hall–Kier alpha value is -2.47. The summed E-state index contributed by atoms with van der Waals surface area (Å²) in [5.74, 6) is -0.929. The first-order valence-corrected chi connectivity index (χ1v) is 6.87. The lowest BCUT2D eigenvalue weighted by Crippen LogP contribution is -2.24. The molecule has 0 aliphatic carbocycles. The van der Waals surface area contributed by atoms with Gasteiger partial charge in [-0.2, -0.15) is 10.1 Å². The van der Waals surface area contributed by atoms with Crippen molar-refractivity contribution in [3.05, 3.63) is 63.6 Å². The third-order valence-corrected chi connectivity index (χ3v) is 3.57. The van der Waals surface area contributed by atoms with E-state index in [0.29, 0.717) is 16.7 Å². The Morgan fingerprint density at radius 3 is 2.29 bits per heavy atom. The summed E-state index contributed by atoms with van der Waals surface area (Å²) in [6, 6.07) is 11.4. The van der Waals surface area contributed by atoms with E-state index < -0.39 is 11.8 Å². The van der Waals surface area contributed by atoms with E-state index in [1.165, 1.54) is 12.3 Å². The maximum Gasteiger partial charge on any atom is 0.282 e. The molecular formula is C15H9BrN2O3. The standard InChI is InChI=1S/C15H9BrN2O3/c16-10-5-6-13(19)9(7-10)8-17-18-14(20)11-3-1-2-4-12(11)15(18)21/h1-8,19H/b17-8-. The minimum atomic E-state index is -0.471. The number of hydrazone groups is 1. The number of carbonyl (C=O) groups excluding carboxylic acids is 2. The molecule has 0 saturated heterocycles. The Labute approximate surface area is 128 Å². The fourth-order valence-corrected chi connectivity index (χ4v) is 2.41. The van der Waals surface area contributed by atoms with Gasteiger partial charge in [-0.3, -0.25) is 9.59 Å². The number of imide groups is 1. The number of halogens is 1. The van der Waals surface area contributed by atoms with Crippen molar-refractivity contribution in [1.82, 2.24) is 5.01 Å². The molecule has 0 unspecified atom stereocenters. The lowest BCUT2D eigenvalue weighted by atomic mass is 10.1. The maximum atomic E-state index is 12.1. The van der Waals surface area contributed by atoms with E-state index in [1.807, 2.05) is 0 Å². The molecule has 0 aromatic heterocycles.